The van der Waals surface area contributed by atoms with E-state index >= 15 is 0 Å². The number of sulfonamides is 1. The fraction of sp³-hybridized carbons (Fsp3) is 0.333. The summed E-state index contributed by atoms with van der Waals surface area (Å²) < 4.78 is 33.8. The summed E-state index contributed by atoms with van der Waals surface area (Å²) in [6.07, 6.45) is 0.732. The lowest BCUT2D eigenvalue weighted by atomic mass is 10.2. The molecule has 1 fully saturated rings. The fourth-order valence-corrected chi connectivity index (χ4v) is 5.55. The van der Waals surface area contributed by atoms with Crippen molar-refractivity contribution in [2.45, 2.75) is 24.3 Å². The number of amides is 1. The molecular formula is C21H21Cl2N3O5S. The fourth-order valence-electron chi connectivity index (χ4n) is 3.74. The van der Waals surface area contributed by atoms with Crippen LogP contribution in [-0.4, -0.2) is 54.3 Å². The largest absolute Gasteiger partial charge is 0.419 e. The number of para-hydroxylation sites is 2. The summed E-state index contributed by atoms with van der Waals surface area (Å²) >= 11 is 11.8. The minimum Gasteiger partial charge on any atom is -0.408 e. The number of halogens is 2. The monoisotopic (exact) mass is 497 g/mol. The zero-order valence-corrected chi connectivity index (χ0v) is 19.4. The molecule has 0 aliphatic carbocycles. The summed E-state index contributed by atoms with van der Waals surface area (Å²) in [6.45, 7) is 1.36. The second kappa shape index (κ2) is 9.27. The van der Waals surface area contributed by atoms with Crippen LogP contribution in [0, 0.1) is 0 Å². The molecule has 0 N–H and O–H groups in total. The topological polar surface area (TPSA) is 92.8 Å². The maximum atomic E-state index is 12.8. The Kier molecular flexibility index (Phi) is 6.62. The molecule has 0 bridgehead atoms. The van der Waals surface area contributed by atoms with Crippen LogP contribution in [0.4, 0.5) is 0 Å². The molecule has 4 rings (SSSR count). The van der Waals surface area contributed by atoms with E-state index < -0.39 is 15.8 Å². The first-order valence-electron chi connectivity index (χ1n) is 10.1. The molecule has 3 aromatic rings. The highest BCUT2D eigenvalue weighted by Crippen LogP contribution is 2.27. The van der Waals surface area contributed by atoms with E-state index in [0.717, 1.165) is 0 Å². The van der Waals surface area contributed by atoms with Crippen LogP contribution in [0.25, 0.3) is 11.1 Å². The Morgan fingerprint density at radius 3 is 2.44 bits per heavy atom. The summed E-state index contributed by atoms with van der Waals surface area (Å²) in [7, 11) is -3.72. The average Bonchev–Trinajstić information content (AvgIpc) is 3.10. The second-order valence-electron chi connectivity index (χ2n) is 7.45. The lowest BCUT2D eigenvalue weighted by molar-refractivity contribution is -0.132. The van der Waals surface area contributed by atoms with Crippen LogP contribution in [0.3, 0.4) is 0 Å². The van der Waals surface area contributed by atoms with E-state index in [0.29, 0.717) is 37.2 Å². The van der Waals surface area contributed by atoms with Gasteiger partial charge in [-0.15, -0.1) is 0 Å². The summed E-state index contributed by atoms with van der Waals surface area (Å²) in [5, 5.41) is 0.456. The first-order valence-corrected chi connectivity index (χ1v) is 12.3. The third kappa shape index (κ3) is 4.56. The van der Waals surface area contributed by atoms with Gasteiger partial charge in [0, 0.05) is 39.1 Å². The summed E-state index contributed by atoms with van der Waals surface area (Å²) in [4.78, 5) is 26.3. The Hall–Kier alpha value is -2.33. The molecule has 11 heteroatoms. The lowest BCUT2D eigenvalue weighted by Gasteiger charge is -2.34. The molecule has 32 heavy (non-hydrogen) atoms. The Morgan fingerprint density at radius 1 is 1.00 bits per heavy atom. The number of aromatic nitrogens is 1. The zero-order valence-electron chi connectivity index (χ0n) is 17.0. The van der Waals surface area contributed by atoms with Crippen molar-refractivity contribution < 1.29 is 17.6 Å². The number of fused-ring (bicyclic) bond motifs is 1. The van der Waals surface area contributed by atoms with Gasteiger partial charge < -0.3 is 9.32 Å². The van der Waals surface area contributed by atoms with Crippen molar-refractivity contribution in [2.24, 2.45) is 0 Å². The molecule has 2 aromatic carbocycles. The van der Waals surface area contributed by atoms with Crippen LogP contribution in [0.15, 0.2) is 56.6 Å². The molecule has 0 atom stereocenters. The second-order valence-corrected chi connectivity index (χ2v) is 10.2. The van der Waals surface area contributed by atoms with Gasteiger partial charge in [-0.1, -0.05) is 35.3 Å². The molecule has 1 amide bonds. The van der Waals surface area contributed by atoms with Gasteiger partial charge in [-0.25, -0.2) is 13.2 Å². The van der Waals surface area contributed by atoms with Crippen LogP contribution >= 0.6 is 23.2 Å². The van der Waals surface area contributed by atoms with E-state index in [4.69, 9.17) is 27.6 Å². The average molecular weight is 498 g/mol. The molecule has 1 aliphatic rings. The molecular weight excluding hydrogens is 477 g/mol. The number of hydrogen-bond donors (Lipinski definition) is 0. The summed E-state index contributed by atoms with van der Waals surface area (Å²) in [6, 6.07) is 11.3. The third-order valence-corrected chi connectivity index (χ3v) is 8.10. The highest BCUT2D eigenvalue weighted by Gasteiger charge is 2.30. The van der Waals surface area contributed by atoms with Crippen molar-refractivity contribution in [1.29, 1.82) is 0 Å². The molecule has 0 unspecified atom stereocenters. The first kappa shape index (κ1) is 22.8. The number of carbonyl (C=O) groups is 1. The quantitative estimate of drug-likeness (QED) is 0.521. The first-order chi connectivity index (χ1) is 15.3. The molecule has 8 nitrogen and oxygen atoms in total. The van der Waals surface area contributed by atoms with Gasteiger partial charge in [-0.05, 0) is 36.8 Å². The van der Waals surface area contributed by atoms with E-state index in [2.05, 4.69) is 0 Å². The molecule has 0 spiro atoms. The maximum Gasteiger partial charge on any atom is 0.419 e. The van der Waals surface area contributed by atoms with E-state index in [-0.39, 0.29) is 40.4 Å². The number of benzene rings is 2. The SMILES string of the molecule is O=C(CCCn1c(=O)oc2ccccc21)N1CCN(S(=O)(=O)c2ccc(Cl)c(Cl)c2)CC1. The maximum absolute atomic E-state index is 12.8. The van der Waals surface area contributed by atoms with Crippen molar-refractivity contribution in [3.8, 4) is 0 Å². The van der Waals surface area contributed by atoms with Gasteiger partial charge in [0.05, 0.1) is 20.5 Å². The van der Waals surface area contributed by atoms with Crippen LogP contribution in [0.1, 0.15) is 12.8 Å². The third-order valence-electron chi connectivity index (χ3n) is 5.47. The van der Waals surface area contributed by atoms with Crippen LogP contribution in [-0.2, 0) is 21.4 Å². The minimum absolute atomic E-state index is 0.0718. The molecule has 1 aliphatic heterocycles. The van der Waals surface area contributed by atoms with Gasteiger partial charge in [-0.2, -0.15) is 4.31 Å². The van der Waals surface area contributed by atoms with Crippen LogP contribution in [0.2, 0.25) is 10.0 Å². The Bertz CT molecular complexity index is 1310. The van der Waals surface area contributed by atoms with E-state index in [1.807, 2.05) is 6.07 Å². The number of oxazole rings is 1. The predicted molar refractivity (Wildman–Crippen MR) is 122 cm³/mol. The van der Waals surface area contributed by atoms with E-state index in [1.165, 1.54) is 27.1 Å². The van der Waals surface area contributed by atoms with Gasteiger partial charge in [0.25, 0.3) is 0 Å². The van der Waals surface area contributed by atoms with Crippen LogP contribution in [0.5, 0.6) is 0 Å². The van der Waals surface area contributed by atoms with Crippen molar-refractivity contribution in [1.82, 2.24) is 13.8 Å². The molecule has 0 radical (unpaired) electrons. The molecule has 2 heterocycles. The zero-order chi connectivity index (χ0) is 22.9. The highest BCUT2D eigenvalue weighted by molar-refractivity contribution is 7.89. The molecule has 1 aromatic heterocycles. The smallest absolute Gasteiger partial charge is 0.408 e. The number of rotatable bonds is 6. The van der Waals surface area contributed by atoms with E-state index in [9.17, 15) is 18.0 Å². The number of piperazine rings is 1. The number of carbonyl (C=O) groups excluding carboxylic acids is 1. The molecule has 0 saturated carbocycles. The van der Waals surface area contributed by atoms with Crippen molar-refractivity contribution in [2.75, 3.05) is 26.2 Å². The van der Waals surface area contributed by atoms with Crippen molar-refractivity contribution in [3.63, 3.8) is 0 Å². The van der Waals surface area contributed by atoms with Gasteiger partial charge in [0.15, 0.2) is 5.58 Å². The highest BCUT2D eigenvalue weighted by atomic mass is 35.5. The van der Waals surface area contributed by atoms with Crippen molar-refractivity contribution >= 4 is 50.2 Å². The van der Waals surface area contributed by atoms with Crippen LogP contribution < -0.4 is 5.76 Å². The minimum atomic E-state index is -3.72. The lowest BCUT2D eigenvalue weighted by Crippen LogP contribution is -2.50. The summed E-state index contributed by atoms with van der Waals surface area (Å²) in [5.41, 5.74) is 1.22. The Labute approximate surface area is 195 Å². The standard InChI is InChI=1S/C21H21Cl2N3O5S/c22-16-8-7-15(14-17(16)23)32(29,30)25-12-10-24(11-13-25)20(27)6-3-9-26-18-4-1-2-5-19(18)31-21(26)28/h1-2,4-5,7-8,14H,3,6,9-13H2. The van der Waals surface area contributed by atoms with Gasteiger partial charge in [0.2, 0.25) is 15.9 Å². The Balaban J connectivity index is 1.32. The number of hydrogen-bond acceptors (Lipinski definition) is 5. The number of aryl methyl sites for hydroxylation is 1. The summed E-state index contributed by atoms with van der Waals surface area (Å²) in [5.74, 6) is -0.516. The van der Waals surface area contributed by atoms with Gasteiger partial charge >= 0.3 is 5.76 Å². The molecule has 1 saturated heterocycles. The Morgan fingerprint density at radius 2 is 1.72 bits per heavy atom. The predicted octanol–water partition coefficient (Wildman–Crippen LogP) is 3.21. The van der Waals surface area contributed by atoms with Gasteiger partial charge in [-0.3, -0.25) is 9.36 Å². The van der Waals surface area contributed by atoms with Crippen molar-refractivity contribution in [3.05, 3.63) is 63.1 Å². The molecule has 170 valence electrons. The van der Waals surface area contributed by atoms with E-state index in [1.54, 1.807) is 23.1 Å². The van der Waals surface area contributed by atoms with Gasteiger partial charge in [0.1, 0.15) is 0 Å². The number of nitrogens with zero attached hydrogens (tertiary/aromatic N) is 3. The normalized spacial score (nSPS) is 15.4.